The van der Waals surface area contributed by atoms with E-state index in [4.69, 9.17) is 5.73 Å². The van der Waals surface area contributed by atoms with E-state index >= 15 is 0 Å². The van der Waals surface area contributed by atoms with Crippen molar-refractivity contribution < 1.29 is 0 Å². The molecular formula is C11H17N. The molecule has 1 aromatic carbocycles. The van der Waals surface area contributed by atoms with Crippen LogP contribution in [0, 0.1) is 6.92 Å². The molecule has 0 spiro atoms. The normalized spacial score (nSPS) is 8.25. The van der Waals surface area contributed by atoms with Crippen LogP contribution in [0.4, 0.5) is 0 Å². The van der Waals surface area contributed by atoms with Crippen molar-refractivity contribution in [3.8, 4) is 0 Å². The SMILES string of the molecule is C=C(N)c1cccc(C)c1.CC. The van der Waals surface area contributed by atoms with Crippen LogP contribution in [0.25, 0.3) is 5.70 Å². The molecule has 0 amide bonds. The summed E-state index contributed by atoms with van der Waals surface area (Å²) in [6.45, 7) is 9.68. The van der Waals surface area contributed by atoms with E-state index in [1.54, 1.807) is 0 Å². The fourth-order valence-corrected chi connectivity index (χ4v) is 0.845. The number of hydrogen-bond donors (Lipinski definition) is 1. The molecule has 0 aliphatic heterocycles. The van der Waals surface area contributed by atoms with Gasteiger partial charge in [-0.2, -0.15) is 0 Å². The Hall–Kier alpha value is -1.24. The van der Waals surface area contributed by atoms with E-state index in [2.05, 4.69) is 6.58 Å². The van der Waals surface area contributed by atoms with Crippen molar-refractivity contribution in [2.24, 2.45) is 5.73 Å². The van der Waals surface area contributed by atoms with Crippen LogP contribution >= 0.6 is 0 Å². The van der Waals surface area contributed by atoms with Crippen LogP contribution in [-0.4, -0.2) is 0 Å². The average molecular weight is 163 g/mol. The standard InChI is InChI=1S/C9H11N.C2H6/c1-7-4-3-5-9(6-7)8(2)10;1-2/h3-6H,2,10H2,1H3;1-2H3. The highest BCUT2D eigenvalue weighted by atomic mass is 14.6. The topological polar surface area (TPSA) is 26.0 Å². The van der Waals surface area contributed by atoms with Crippen LogP contribution in [0.15, 0.2) is 30.8 Å². The predicted octanol–water partition coefficient (Wildman–Crippen LogP) is 2.95. The fraction of sp³-hybridized carbons (Fsp3) is 0.273. The highest BCUT2D eigenvalue weighted by molar-refractivity contribution is 5.60. The van der Waals surface area contributed by atoms with Crippen molar-refractivity contribution in [3.63, 3.8) is 0 Å². The van der Waals surface area contributed by atoms with E-state index in [-0.39, 0.29) is 0 Å². The van der Waals surface area contributed by atoms with E-state index in [1.165, 1.54) is 5.56 Å². The molecule has 0 aliphatic carbocycles. The zero-order valence-electron chi connectivity index (χ0n) is 8.09. The first-order chi connectivity index (χ1) is 5.70. The lowest BCUT2D eigenvalue weighted by Gasteiger charge is -1.98. The molecule has 2 N–H and O–H groups in total. The molecule has 1 heteroatoms. The Morgan fingerprint density at radius 3 is 2.25 bits per heavy atom. The monoisotopic (exact) mass is 163 g/mol. The maximum absolute atomic E-state index is 5.49. The summed E-state index contributed by atoms with van der Waals surface area (Å²) in [6.07, 6.45) is 0. The minimum absolute atomic E-state index is 0.628. The summed E-state index contributed by atoms with van der Waals surface area (Å²) in [5.41, 5.74) is 8.34. The molecule has 1 rings (SSSR count). The first-order valence-electron chi connectivity index (χ1n) is 4.21. The minimum atomic E-state index is 0.628. The predicted molar refractivity (Wildman–Crippen MR) is 55.7 cm³/mol. The van der Waals surface area contributed by atoms with Crippen molar-refractivity contribution in [3.05, 3.63) is 42.0 Å². The second kappa shape index (κ2) is 5.42. The third kappa shape index (κ3) is 3.24. The molecule has 0 saturated heterocycles. The lowest BCUT2D eigenvalue weighted by Crippen LogP contribution is -1.93. The quantitative estimate of drug-likeness (QED) is 0.676. The second-order valence-corrected chi connectivity index (χ2v) is 2.39. The Kier molecular flexibility index (Phi) is 4.86. The van der Waals surface area contributed by atoms with Crippen LogP contribution in [0.3, 0.4) is 0 Å². The summed E-state index contributed by atoms with van der Waals surface area (Å²) in [6, 6.07) is 7.98. The molecule has 0 saturated carbocycles. The fourth-order valence-electron chi connectivity index (χ4n) is 0.845. The maximum Gasteiger partial charge on any atom is 0.0314 e. The summed E-state index contributed by atoms with van der Waals surface area (Å²) < 4.78 is 0. The van der Waals surface area contributed by atoms with Crippen molar-refractivity contribution in [2.45, 2.75) is 20.8 Å². The summed E-state index contributed by atoms with van der Waals surface area (Å²) in [5, 5.41) is 0. The van der Waals surface area contributed by atoms with E-state index in [9.17, 15) is 0 Å². The van der Waals surface area contributed by atoms with Crippen LogP contribution < -0.4 is 5.73 Å². The van der Waals surface area contributed by atoms with Crippen molar-refractivity contribution >= 4 is 5.70 Å². The number of rotatable bonds is 1. The molecule has 0 atom stereocenters. The smallest absolute Gasteiger partial charge is 0.0314 e. The van der Waals surface area contributed by atoms with Crippen molar-refractivity contribution in [1.29, 1.82) is 0 Å². The minimum Gasteiger partial charge on any atom is -0.399 e. The third-order valence-electron chi connectivity index (χ3n) is 1.39. The van der Waals surface area contributed by atoms with E-state index in [0.717, 1.165) is 5.56 Å². The first-order valence-corrected chi connectivity index (χ1v) is 4.21. The van der Waals surface area contributed by atoms with Crippen LogP contribution in [0.5, 0.6) is 0 Å². The van der Waals surface area contributed by atoms with Gasteiger partial charge in [0.25, 0.3) is 0 Å². The molecular weight excluding hydrogens is 146 g/mol. The van der Waals surface area contributed by atoms with Gasteiger partial charge in [0.1, 0.15) is 0 Å². The first kappa shape index (κ1) is 10.8. The zero-order chi connectivity index (χ0) is 9.56. The van der Waals surface area contributed by atoms with Gasteiger partial charge in [-0.25, -0.2) is 0 Å². The van der Waals surface area contributed by atoms with E-state index in [1.807, 2.05) is 45.0 Å². The van der Waals surface area contributed by atoms with Crippen molar-refractivity contribution in [1.82, 2.24) is 0 Å². The molecule has 0 radical (unpaired) electrons. The Labute approximate surface area is 74.9 Å². The highest BCUT2D eigenvalue weighted by Gasteiger charge is 1.91. The van der Waals surface area contributed by atoms with E-state index < -0.39 is 0 Å². The molecule has 0 bridgehead atoms. The summed E-state index contributed by atoms with van der Waals surface area (Å²) in [7, 11) is 0. The number of benzene rings is 1. The number of aryl methyl sites for hydroxylation is 1. The third-order valence-corrected chi connectivity index (χ3v) is 1.39. The van der Waals surface area contributed by atoms with Gasteiger partial charge in [-0.3, -0.25) is 0 Å². The lowest BCUT2D eigenvalue weighted by molar-refractivity contribution is 1.43. The van der Waals surface area contributed by atoms with Crippen LogP contribution in [0.2, 0.25) is 0 Å². The molecule has 1 nitrogen and oxygen atoms in total. The Morgan fingerprint density at radius 2 is 1.92 bits per heavy atom. The van der Waals surface area contributed by atoms with Gasteiger partial charge in [0.15, 0.2) is 0 Å². The molecule has 0 heterocycles. The van der Waals surface area contributed by atoms with Gasteiger partial charge in [0.05, 0.1) is 0 Å². The molecule has 66 valence electrons. The summed E-state index contributed by atoms with van der Waals surface area (Å²) in [4.78, 5) is 0. The van der Waals surface area contributed by atoms with Gasteiger partial charge in [-0.1, -0.05) is 44.2 Å². The van der Waals surface area contributed by atoms with Gasteiger partial charge in [0, 0.05) is 5.70 Å². The number of nitrogens with two attached hydrogens (primary N) is 1. The van der Waals surface area contributed by atoms with Gasteiger partial charge in [-0.05, 0) is 18.6 Å². The Balaban J connectivity index is 0.000000561. The van der Waals surface area contributed by atoms with Gasteiger partial charge in [-0.15, -0.1) is 0 Å². The molecule has 0 aromatic heterocycles. The highest BCUT2D eigenvalue weighted by Crippen LogP contribution is 2.08. The lowest BCUT2D eigenvalue weighted by atomic mass is 10.1. The summed E-state index contributed by atoms with van der Waals surface area (Å²) >= 11 is 0. The zero-order valence-corrected chi connectivity index (χ0v) is 8.09. The number of hydrogen-bond acceptors (Lipinski definition) is 1. The Morgan fingerprint density at radius 1 is 1.33 bits per heavy atom. The molecule has 0 unspecified atom stereocenters. The summed E-state index contributed by atoms with van der Waals surface area (Å²) in [5.74, 6) is 0. The van der Waals surface area contributed by atoms with Gasteiger partial charge in [0.2, 0.25) is 0 Å². The van der Waals surface area contributed by atoms with Crippen molar-refractivity contribution in [2.75, 3.05) is 0 Å². The van der Waals surface area contributed by atoms with E-state index in [0.29, 0.717) is 5.70 Å². The van der Waals surface area contributed by atoms with Gasteiger partial charge >= 0.3 is 0 Å². The van der Waals surface area contributed by atoms with Crippen LogP contribution in [0.1, 0.15) is 25.0 Å². The largest absolute Gasteiger partial charge is 0.399 e. The average Bonchev–Trinajstić information content (AvgIpc) is 2.08. The van der Waals surface area contributed by atoms with Crippen LogP contribution in [-0.2, 0) is 0 Å². The molecule has 12 heavy (non-hydrogen) atoms. The Bertz CT molecular complexity index is 251. The molecule has 1 aromatic rings. The molecule has 0 aliphatic rings. The maximum atomic E-state index is 5.49. The second-order valence-electron chi connectivity index (χ2n) is 2.39. The van der Waals surface area contributed by atoms with Gasteiger partial charge < -0.3 is 5.73 Å². The molecule has 0 fully saturated rings.